The molecule has 4 nitrogen and oxygen atoms in total. The van der Waals surface area contributed by atoms with Crippen LogP contribution in [-0.4, -0.2) is 20.2 Å². The highest BCUT2D eigenvalue weighted by atomic mass is 16.3. The predicted molar refractivity (Wildman–Crippen MR) is 39.4 cm³/mol. The minimum Gasteiger partial charge on any atom is -0.506 e. The van der Waals surface area contributed by atoms with Crippen LogP contribution >= 0.6 is 0 Å². The molecule has 0 aliphatic heterocycles. The maximum atomic E-state index is 9.20. The molecule has 56 valence electrons. The molecule has 11 heavy (non-hydrogen) atoms. The number of aromatic hydroxyl groups is 2. The second kappa shape index (κ2) is 1.88. The zero-order chi connectivity index (χ0) is 7.84. The van der Waals surface area contributed by atoms with Gasteiger partial charge in [-0.15, -0.1) is 0 Å². The highest BCUT2D eigenvalue weighted by molar-refractivity contribution is 5.86. The molecule has 0 atom stereocenters. The molecule has 1 heterocycles. The largest absolute Gasteiger partial charge is 0.506 e. The lowest BCUT2D eigenvalue weighted by molar-refractivity contribution is 0.468. The average molecular weight is 150 g/mol. The van der Waals surface area contributed by atoms with Gasteiger partial charge in [0.25, 0.3) is 0 Å². The molecular formula is C7H6N2O2. The highest BCUT2D eigenvalue weighted by Gasteiger charge is 2.04. The first-order valence-corrected chi connectivity index (χ1v) is 3.13. The average Bonchev–Trinajstić information content (AvgIpc) is 2.45. The molecule has 3 N–H and O–H groups in total. The maximum absolute atomic E-state index is 9.20. The zero-order valence-electron chi connectivity index (χ0n) is 5.57. The number of phenolic OH excluding ortho intramolecular Hbond substituents is 2. The van der Waals surface area contributed by atoms with Crippen LogP contribution in [0.2, 0.25) is 0 Å². The van der Waals surface area contributed by atoms with Crippen molar-refractivity contribution < 1.29 is 10.2 Å². The number of nitrogens with zero attached hydrogens (tertiary/aromatic N) is 1. The van der Waals surface area contributed by atoms with Crippen LogP contribution in [0.25, 0.3) is 11.0 Å². The van der Waals surface area contributed by atoms with Gasteiger partial charge in [0.2, 0.25) is 0 Å². The summed E-state index contributed by atoms with van der Waals surface area (Å²) in [6.45, 7) is 0. The van der Waals surface area contributed by atoms with Crippen molar-refractivity contribution in [2.45, 2.75) is 0 Å². The van der Waals surface area contributed by atoms with Gasteiger partial charge in [-0.25, -0.2) is 4.98 Å². The van der Waals surface area contributed by atoms with Gasteiger partial charge >= 0.3 is 0 Å². The van der Waals surface area contributed by atoms with Crippen LogP contribution in [0.1, 0.15) is 0 Å². The maximum Gasteiger partial charge on any atom is 0.143 e. The summed E-state index contributed by atoms with van der Waals surface area (Å²) in [5.41, 5.74) is 0.856. The third-order valence-corrected chi connectivity index (χ3v) is 1.54. The van der Waals surface area contributed by atoms with E-state index in [-0.39, 0.29) is 11.5 Å². The van der Waals surface area contributed by atoms with E-state index in [0.29, 0.717) is 11.0 Å². The van der Waals surface area contributed by atoms with Crippen LogP contribution in [-0.2, 0) is 0 Å². The molecule has 2 aromatic rings. The highest BCUT2D eigenvalue weighted by Crippen LogP contribution is 2.27. The van der Waals surface area contributed by atoms with Crippen LogP contribution in [0.15, 0.2) is 18.5 Å². The summed E-state index contributed by atoms with van der Waals surface area (Å²) >= 11 is 0. The lowest BCUT2D eigenvalue weighted by Crippen LogP contribution is -1.72. The van der Waals surface area contributed by atoms with Gasteiger partial charge in [0, 0.05) is 0 Å². The van der Waals surface area contributed by atoms with Crippen molar-refractivity contribution >= 4 is 11.0 Å². The van der Waals surface area contributed by atoms with Gasteiger partial charge in [-0.3, -0.25) is 0 Å². The Morgan fingerprint density at radius 1 is 1.18 bits per heavy atom. The van der Waals surface area contributed by atoms with E-state index in [4.69, 9.17) is 0 Å². The second-order valence-corrected chi connectivity index (χ2v) is 2.23. The summed E-state index contributed by atoms with van der Waals surface area (Å²) in [6, 6.07) is 2.81. The number of aromatic amines is 1. The van der Waals surface area contributed by atoms with Gasteiger partial charge in [0.15, 0.2) is 0 Å². The zero-order valence-corrected chi connectivity index (χ0v) is 5.57. The van der Waals surface area contributed by atoms with Gasteiger partial charge in [-0.1, -0.05) is 0 Å². The van der Waals surface area contributed by atoms with E-state index in [1.807, 2.05) is 0 Å². The van der Waals surface area contributed by atoms with E-state index >= 15 is 0 Å². The van der Waals surface area contributed by atoms with Crippen molar-refractivity contribution in [1.82, 2.24) is 9.97 Å². The van der Waals surface area contributed by atoms with E-state index < -0.39 is 0 Å². The molecule has 1 aromatic heterocycles. The molecule has 0 aliphatic rings. The smallest absolute Gasteiger partial charge is 0.143 e. The third-order valence-electron chi connectivity index (χ3n) is 1.54. The quantitative estimate of drug-likeness (QED) is 0.490. The summed E-state index contributed by atoms with van der Waals surface area (Å²) in [7, 11) is 0. The Hall–Kier alpha value is -1.71. The van der Waals surface area contributed by atoms with Crippen LogP contribution < -0.4 is 0 Å². The van der Waals surface area contributed by atoms with Gasteiger partial charge < -0.3 is 15.2 Å². The minimum atomic E-state index is 0.0686. The van der Waals surface area contributed by atoms with Crippen molar-refractivity contribution in [1.29, 1.82) is 0 Å². The number of aromatic nitrogens is 2. The van der Waals surface area contributed by atoms with E-state index in [9.17, 15) is 10.2 Å². The first-order chi connectivity index (χ1) is 5.29. The number of nitrogens with one attached hydrogen (secondary N) is 1. The molecule has 0 radical (unpaired) electrons. The predicted octanol–water partition coefficient (Wildman–Crippen LogP) is 0.974. The Labute approximate surface area is 62.1 Å². The number of rotatable bonds is 0. The fourth-order valence-electron chi connectivity index (χ4n) is 1.00. The molecule has 0 amide bonds. The molecule has 1 aromatic carbocycles. The standard InChI is InChI=1S/C7H6N2O2/c10-4-1-2-5(11)7-6(4)8-3-9-7/h1-3,10-11H,(H,8,9). The van der Waals surface area contributed by atoms with Crippen molar-refractivity contribution in [3.8, 4) is 11.5 Å². The molecule has 0 saturated carbocycles. The van der Waals surface area contributed by atoms with Crippen molar-refractivity contribution in [3.63, 3.8) is 0 Å². The van der Waals surface area contributed by atoms with Crippen molar-refractivity contribution in [3.05, 3.63) is 18.5 Å². The number of phenols is 2. The molecule has 4 heteroatoms. The van der Waals surface area contributed by atoms with Crippen LogP contribution in [0.4, 0.5) is 0 Å². The van der Waals surface area contributed by atoms with Crippen LogP contribution in [0.5, 0.6) is 11.5 Å². The topological polar surface area (TPSA) is 69.1 Å². The van der Waals surface area contributed by atoms with Gasteiger partial charge in [0.05, 0.1) is 6.33 Å². The Morgan fingerprint density at radius 3 is 2.64 bits per heavy atom. The Kier molecular flexibility index (Phi) is 1.03. The summed E-state index contributed by atoms with van der Waals surface area (Å²) in [5, 5.41) is 18.4. The van der Waals surface area contributed by atoms with E-state index in [1.165, 1.54) is 18.5 Å². The number of H-pyrrole nitrogens is 1. The molecule has 0 saturated heterocycles. The van der Waals surface area contributed by atoms with E-state index in [1.54, 1.807) is 0 Å². The van der Waals surface area contributed by atoms with Crippen LogP contribution in [0.3, 0.4) is 0 Å². The van der Waals surface area contributed by atoms with Gasteiger partial charge in [0.1, 0.15) is 22.5 Å². The number of hydrogen-bond acceptors (Lipinski definition) is 3. The summed E-state index contributed by atoms with van der Waals surface area (Å²) in [4.78, 5) is 6.52. The van der Waals surface area contributed by atoms with Crippen molar-refractivity contribution in [2.24, 2.45) is 0 Å². The number of benzene rings is 1. The number of imidazole rings is 1. The molecule has 0 bridgehead atoms. The molecular weight excluding hydrogens is 144 g/mol. The van der Waals surface area contributed by atoms with Crippen molar-refractivity contribution in [2.75, 3.05) is 0 Å². The molecule has 2 rings (SSSR count). The Morgan fingerprint density at radius 2 is 1.91 bits per heavy atom. The molecule has 0 unspecified atom stereocenters. The lowest BCUT2D eigenvalue weighted by Gasteiger charge is -1.94. The lowest BCUT2D eigenvalue weighted by atomic mass is 10.3. The summed E-state index contributed by atoms with van der Waals surface area (Å²) < 4.78 is 0. The summed E-state index contributed by atoms with van der Waals surface area (Å²) in [6.07, 6.45) is 1.42. The van der Waals surface area contributed by atoms with Gasteiger partial charge in [-0.05, 0) is 12.1 Å². The van der Waals surface area contributed by atoms with Gasteiger partial charge in [-0.2, -0.15) is 0 Å². The molecule has 0 fully saturated rings. The second-order valence-electron chi connectivity index (χ2n) is 2.23. The first-order valence-electron chi connectivity index (χ1n) is 3.13. The Balaban J connectivity index is 2.96. The van der Waals surface area contributed by atoms with E-state index in [2.05, 4.69) is 9.97 Å². The SMILES string of the molecule is Oc1ccc(O)c2[nH]cnc12. The monoisotopic (exact) mass is 150 g/mol. The number of hydrogen-bond donors (Lipinski definition) is 3. The third kappa shape index (κ3) is 0.724. The fraction of sp³-hybridized carbons (Fsp3) is 0. The molecule has 0 aliphatic carbocycles. The Bertz CT molecular complexity index is 358. The van der Waals surface area contributed by atoms with Crippen LogP contribution in [0, 0.1) is 0 Å². The van der Waals surface area contributed by atoms with E-state index in [0.717, 1.165) is 0 Å². The molecule has 0 spiro atoms. The minimum absolute atomic E-state index is 0.0686. The normalized spacial score (nSPS) is 10.5. The fourth-order valence-corrected chi connectivity index (χ4v) is 1.00. The summed E-state index contributed by atoms with van der Waals surface area (Å²) in [5.74, 6) is 0.161. The first kappa shape index (κ1) is 6.03. The number of fused-ring (bicyclic) bond motifs is 1.